The van der Waals surface area contributed by atoms with Crippen molar-refractivity contribution >= 4 is 11.8 Å². The minimum atomic E-state index is -0.572. The van der Waals surface area contributed by atoms with Crippen molar-refractivity contribution in [2.24, 2.45) is 5.92 Å². The summed E-state index contributed by atoms with van der Waals surface area (Å²) in [6.45, 7) is 0.198. The largest absolute Gasteiger partial charge is 0.355 e. The van der Waals surface area contributed by atoms with Crippen LogP contribution in [0.15, 0.2) is 18.2 Å². The van der Waals surface area contributed by atoms with Gasteiger partial charge < -0.3 is 10.6 Å². The topological polar surface area (TPSA) is 58.2 Å². The van der Waals surface area contributed by atoms with Gasteiger partial charge in [0.05, 0.1) is 5.92 Å². The summed E-state index contributed by atoms with van der Waals surface area (Å²) in [6, 6.07) is 3.06. The van der Waals surface area contributed by atoms with Gasteiger partial charge in [-0.1, -0.05) is 0 Å². The SMILES string of the molecule is O=C1CC(C(=O)NCc2cc(F)ccc2F)CN1. The summed E-state index contributed by atoms with van der Waals surface area (Å²) < 4.78 is 26.2. The smallest absolute Gasteiger partial charge is 0.225 e. The van der Waals surface area contributed by atoms with E-state index in [2.05, 4.69) is 10.6 Å². The highest BCUT2D eigenvalue weighted by atomic mass is 19.1. The highest BCUT2D eigenvalue weighted by Gasteiger charge is 2.27. The van der Waals surface area contributed by atoms with Crippen molar-refractivity contribution in [2.45, 2.75) is 13.0 Å². The third-order valence-corrected chi connectivity index (χ3v) is 2.81. The van der Waals surface area contributed by atoms with Crippen LogP contribution in [0.5, 0.6) is 0 Å². The van der Waals surface area contributed by atoms with E-state index in [1.165, 1.54) is 0 Å². The van der Waals surface area contributed by atoms with Crippen LogP contribution in [0.3, 0.4) is 0 Å². The first-order chi connectivity index (χ1) is 8.56. The lowest BCUT2D eigenvalue weighted by Crippen LogP contribution is -2.31. The minimum absolute atomic E-state index is 0.0839. The number of rotatable bonds is 3. The fraction of sp³-hybridized carbons (Fsp3) is 0.333. The van der Waals surface area contributed by atoms with Gasteiger partial charge >= 0.3 is 0 Å². The van der Waals surface area contributed by atoms with Crippen molar-refractivity contribution in [2.75, 3.05) is 6.54 Å². The summed E-state index contributed by atoms with van der Waals surface area (Å²) in [6.07, 6.45) is 0.136. The van der Waals surface area contributed by atoms with E-state index in [4.69, 9.17) is 0 Å². The summed E-state index contributed by atoms with van der Waals surface area (Å²) in [5.41, 5.74) is 0.0839. The minimum Gasteiger partial charge on any atom is -0.355 e. The maximum atomic E-state index is 13.3. The molecule has 0 aliphatic carbocycles. The maximum Gasteiger partial charge on any atom is 0.225 e. The summed E-state index contributed by atoms with van der Waals surface area (Å²) in [4.78, 5) is 22.6. The van der Waals surface area contributed by atoms with E-state index in [1.54, 1.807) is 0 Å². The lowest BCUT2D eigenvalue weighted by molar-refractivity contribution is -0.126. The molecule has 1 aromatic rings. The molecule has 6 heteroatoms. The third kappa shape index (κ3) is 2.82. The molecular formula is C12H12F2N2O2. The van der Waals surface area contributed by atoms with E-state index < -0.39 is 17.6 Å². The molecule has 1 heterocycles. The molecule has 2 amide bonds. The summed E-state index contributed by atoms with van der Waals surface area (Å²) >= 11 is 0. The maximum absolute atomic E-state index is 13.3. The van der Waals surface area contributed by atoms with Crippen molar-refractivity contribution in [3.8, 4) is 0 Å². The molecule has 96 valence electrons. The second kappa shape index (κ2) is 5.12. The quantitative estimate of drug-likeness (QED) is 0.835. The van der Waals surface area contributed by atoms with Gasteiger partial charge in [0, 0.05) is 25.1 Å². The van der Waals surface area contributed by atoms with Crippen molar-refractivity contribution in [3.63, 3.8) is 0 Å². The lowest BCUT2D eigenvalue weighted by Gasteiger charge is -2.09. The van der Waals surface area contributed by atoms with Gasteiger partial charge in [-0.05, 0) is 18.2 Å². The predicted molar refractivity (Wildman–Crippen MR) is 59.3 cm³/mol. The van der Waals surface area contributed by atoms with Crippen LogP contribution in [-0.2, 0) is 16.1 Å². The van der Waals surface area contributed by atoms with Crippen LogP contribution < -0.4 is 10.6 Å². The molecule has 2 rings (SSSR count). The van der Waals surface area contributed by atoms with Crippen molar-refractivity contribution in [1.82, 2.24) is 10.6 Å². The molecule has 1 unspecified atom stereocenters. The average molecular weight is 254 g/mol. The van der Waals surface area contributed by atoms with Gasteiger partial charge in [0.25, 0.3) is 0 Å². The Morgan fingerprint density at radius 3 is 2.89 bits per heavy atom. The van der Waals surface area contributed by atoms with E-state index in [0.717, 1.165) is 18.2 Å². The van der Waals surface area contributed by atoms with Gasteiger partial charge in [-0.25, -0.2) is 8.78 Å². The van der Waals surface area contributed by atoms with Crippen LogP contribution in [0.4, 0.5) is 8.78 Å². The molecule has 1 aromatic carbocycles. The van der Waals surface area contributed by atoms with E-state index in [-0.39, 0.29) is 36.9 Å². The van der Waals surface area contributed by atoms with Gasteiger partial charge in [0.2, 0.25) is 11.8 Å². The average Bonchev–Trinajstić information content (AvgIpc) is 2.77. The van der Waals surface area contributed by atoms with Crippen molar-refractivity contribution in [1.29, 1.82) is 0 Å². The van der Waals surface area contributed by atoms with Gasteiger partial charge in [0.1, 0.15) is 11.6 Å². The third-order valence-electron chi connectivity index (χ3n) is 2.81. The number of carbonyl (C=O) groups excluding carboxylic acids is 2. The second-order valence-corrected chi connectivity index (χ2v) is 4.16. The zero-order valence-corrected chi connectivity index (χ0v) is 9.50. The van der Waals surface area contributed by atoms with Crippen LogP contribution in [0.25, 0.3) is 0 Å². The first-order valence-electron chi connectivity index (χ1n) is 5.54. The first kappa shape index (κ1) is 12.5. The monoisotopic (exact) mass is 254 g/mol. The standard InChI is InChI=1S/C12H12F2N2O2/c13-9-1-2-10(14)7(3-9)5-16-12(18)8-4-11(17)15-6-8/h1-3,8H,4-6H2,(H,15,17)(H,16,18). The molecule has 2 N–H and O–H groups in total. The van der Waals surface area contributed by atoms with Gasteiger partial charge in [-0.2, -0.15) is 0 Å². The molecular weight excluding hydrogens is 242 g/mol. The Hall–Kier alpha value is -1.98. The number of nitrogens with one attached hydrogen (secondary N) is 2. The Morgan fingerprint density at radius 2 is 2.22 bits per heavy atom. The Kier molecular flexibility index (Phi) is 3.55. The Balaban J connectivity index is 1.93. The number of halogens is 2. The molecule has 1 saturated heterocycles. The molecule has 0 spiro atoms. The molecule has 0 aromatic heterocycles. The van der Waals surface area contributed by atoms with Crippen LogP contribution in [-0.4, -0.2) is 18.4 Å². The summed E-state index contributed by atoms with van der Waals surface area (Å²) in [5, 5.41) is 5.03. The second-order valence-electron chi connectivity index (χ2n) is 4.16. The zero-order chi connectivity index (χ0) is 13.1. The first-order valence-corrected chi connectivity index (χ1v) is 5.54. The molecule has 0 bridgehead atoms. The summed E-state index contributed by atoms with van der Waals surface area (Å²) in [5.74, 6) is -2.08. The fourth-order valence-electron chi connectivity index (χ4n) is 1.80. The van der Waals surface area contributed by atoms with Crippen molar-refractivity contribution < 1.29 is 18.4 Å². The fourth-order valence-corrected chi connectivity index (χ4v) is 1.80. The Bertz CT molecular complexity index is 491. The highest BCUT2D eigenvalue weighted by molar-refractivity contribution is 5.89. The molecule has 0 radical (unpaired) electrons. The zero-order valence-electron chi connectivity index (χ0n) is 9.50. The number of hydrogen-bond acceptors (Lipinski definition) is 2. The molecule has 18 heavy (non-hydrogen) atoms. The molecule has 4 nitrogen and oxygen atoms in total. The Morgan fingerprint density at radius 1 is 1.44 bits per heavy atom. The van der Waals surface area contributed by atoms with Crippen LogP contribution in [0.1, 0.15) is 12.0 Å². The summed E-state index contributed by atoms with van der Waals surface area (Å²) in [7, 11) is 0. The van der Waals surface area contributed by atoms with E-state index in [0.29, 0.717) is 0 Å². The van der Waals surface area contributed by atoms with Crippen LogP contribution in [0.2, 0.25) is 0 Å². The normalized spacial score (nSPS) is 18.6. The highest BCUT2D eigenvalue weighted by Crippen LogP contribution is 2.11. The molecule has 1 aliphatic heterocycles. The molecule has 1 fully saturated rings. The van der Waals surface area contributed by atoms with Crippen LogP contribution >= 0.6 is 0 Å². The number of amides is 2. The molecule has 1 atom stereocenters. The van der Waals surface area contributed by atoms with E-state index >= 15 is 0 Å². The van der Waals surface area contributed by atoms with Gasteiger partial charge in [-0.3, -0.25) is 9.59 Å². The lowest BCUT2D eigenvalue weighted by atomic mass is 10.1. The van der Waals surface area contributed by atoms with E-state index in [9.17, 15) is 18.4 Å². The van der Waals surface area contributed by atoms with Crippen LogP contribution in [0, 0.1) is 17.6 Å². The van der Waals surface area contributed by atoms with Gasteiger partial charge in [0.15, 0.2) is 0 Å². The predicted octanol–water partition coefficient (Wildman–Crippen LogP) is 0.717. The van der Waals surface area contributed by atoms with E-state index in [1.807, 2.05) is 0 Å². The molecule has 1 aliphatic rings. The number of benzene rings is 1. The molecule has 0 saturated carbocycles. The number of carbonyl (C=O) groups is 2. The Labute approximate surface area is 102 Å². The number of hydrogen-bond donors (Lipinski definition) is 2. The van der Waals surface area contributed by atoms with Gasteiger partial charge in [-0.15, -0.1) is 0 Å². The van der Waals surface area contributed by atoms with Crippen molar-refractivity contribution in [3.05, 3.63) is 35.4 Å².